The maximum atomic E-state index is 10.8. The number of pyridine rings is 1. The summed E-state index contributed by atoms with van der Waals surface area (Å²) >= 11 is 0. The third kappa shape index (κ3) is 2.96. The summed E-state index contributed by atoms with van der Waals surface area (Å²) in [4.78, 5) is 14.8. The molecule has 0 atom stereocenters. The van der Waals surface area contributed by atoms with Gasteiger partial charge in [-0.3, -0.25) is 0 Å². The first kappa shape index (κ1) is 11.9. The molecule has 17 heavy (non-hydrogen) atoms. The number of nitrogens with one attached hydrogen (secondary N) is 1. The number of hydrogen-bond donors (Lipinski definition) is 2. The van der Waals surface area contributed by atoms with Gasteiger partial charge < -0.3 is 10.4 Å². The highest BCUT2D eigenvalue weighted by Crippen LogP contribution is 2.49. The first-order chi connectivity index (χ1) is 8.15. The zero-order chi connectivity index (χ0) is 12.3. The van der Waals surface area contributed by atoms with Crippen LogP contribution < -0.4 is 5.32 Å². The van der Waals surface area contributed by atoms with Crippen LogP contribution in [-0.4, -0.2) is 22.6 Å². The average Bonchev–Trinajstić information content (AvgIpc) is 3.08. The lowest BCUT2D eigenvalue weighted by Gasteiger charge is -2.15. The number of carboxylic acids is 1. The van der Waals surface area contributed by atoms with E-state index in [1.54, 1.807) is 6.07 Å². The molecule has 0 aromatic carbocycles. The predicted octanol–water partition coefficient (Wildman–Crippen LogP) is 2.77. The van der Waals surface area contributed by atoms with Gasteiger partial charge in [-0.25, -0.2) is 9.78 Å². The number of rotatable bonds is 6. The molecule has 1 aliphatic carbocycles. The van der Waals surface area contributed by atoms with Crippen LogP contribution in [0.5, 0.6) is 0 Å². The minimum atomic E-state index is -0.983. The van der Waals surface area contributed by atoms with E-state index in [4.69, 9.17) is 5.11 Å². The van der Waals surface area contributed by atoms with Gasteiger partial charge in [0.25, 0.3) is 0 Å². The minimum absolute atomic E-state index is 0.0929. The SMILES string of the molecule is CCCC1(CNc2cccc(C(=O)O)n2)CC1. The Morgan fingerprint density at radius 3 is 2.88 bits per heavy atom. The summed E-state index contributed by atoms with van der Waals surface area (Å²) in [6.07, 6.45) is 4.97. The highest BCUT2D eigenvalue weighted by atomic mass is 16.4. The summed E-state index contributed by atoms with van der Waals surface area (Å²) < 4.78 is 0. The summed E-state index contributed by atoms with van der Waals surface area (Å²) in [7, 11) is 0. The third-order valence-electron chi connectivity index (χ3n) is 3.35. The van der Waals surface area contributed by atoms with Crippen molar-refractivity contribution in [3.8, 4) is 0 Å². The van der Waals surface area contributed by atoms with E-state index in [2.05, 4.69) is 17.2 Å². The number of aromatic nitrogens is 1. The smallest absolute Gasteiger partial charge is 0.354 e. The van der Waals surface area contributed by atoms with Crippen molar-refractivity contribution in [2.24, 2.45) is 5.41 Å². The Bertz CT molecular complexity index is 414. The first-order valence-electron chi connectivity index (χ1n) is 6.09. The second-order valence-corrected chi connectivity index (χ2v) is 4.82. The summed E-state index contributed by atoms with van der Waals surface area (Å²) in [5.41, 5.74) is 0.533. The molecule has 0 amide bonds. The largest absolute Gasteiger partial charge is 0.477 e. The highest BCUT2D eigenvalue weighted by molar-refractivity contribution is 5.85. The fraction of sp³-hybridized carbons (Fsp3) is 0.538. The lowest BCUT2D eigenvalue weighted by atomic mass is 10.0. The van der Waals surface area contributed by atoms with E-state index in [-0.39, 0.29) is 5.69 Å². The van der Waals surface area contributed by atoms with Crippen molar-refractivity contribution in [2.75, 3.05) is 11.9 Å². The molecule has 2 N–H and O–H groups in total. The predicted molar refractivity (Wildman–Crippen MR) is 66.3 cm³/mol. The molecule has 4 nitrogen and oxygen atoms in total. The molecule has 0 radical (unpaired) electrons. The molecule has 2 rings (SSSR count). The zero-order valence-electron chi connectivity index (χ0n) is 10.1. The minimum Gasteiger partial charge on any atom is -0.477 e. The van der Waals surface area contributed by atoms with Crippen LogP contribution in [0.2, 0.25) is 0 Å². The molecule has 0 bridgehead atoms. The fourth-order valence-corrected chi connectivity index (χ4v) is 2.15. The van der Waals surface area contributed by atoms with Crippen molar-refractivity contribution in [1.29, 1.82) is 0 Å². The van der Waals surface area contributed by atoms with Gasteiger partial charge in [0.15, 0.2) is 5.69 Å². The molecule has 0 unspecified atom stereocenters. The van der Waals surface area contributed by atoms with Crippen LogP contribution in [0.1, 0.15) is 43.1 Å². The van der Waals surface area contributed by atoms with Gasteiger partial charge in [-0.2, -0.15) is 0 Å². The first-order valence-corrected chi connectivity index (χ1v) is 6.09. The Balaban J connectivity index is 1.95. The van der Waals surface area contributed by atoms with E-state index < -0.39 is 5.97 Å². The van der Waals surface area contributed by atoms with Crippen molar-refractivity contribution in [2.45, 2.75) is 32.6 Å². The van der Waals surface area contributed by atoms with Gasteiger partial charge in [0.2, 0.25) is 0 Å². The van der Waals surface area contributed by atoms with Crippen LogP contribution in [0.25, 0.3) is 0 Å². The van der Waals surface area contributed by atoms with Crippen LogP contribution in [-0.2, 0) is 0 Å². The van der Waals surface area contributed by atoms with E-state index in [1.165, 1.54) is 31.7 Å². The number of carbonyl (C=O) groups is 1. The van der Waals surface area contributed by atoms with Gasteiger partial charge in [0.05, 0.1) is 0 Å². The molecule has 1 aliphatic rings. The lowest BCUT2D eigenvalue weighted by Crippen LogP contribution is -2.16. The van der Waals surface area contributed by atoms with Crippen LogP contribution in [0.15, 0.2) is 18.2 Å². The molecule has 92 valence electrons. The Hall–Kier alpha value is -1.58. The number of nitrogens with zero attached hydrogens (tertiary/aromatic N) is 1. The number of hydrogen-bond acceptors (Lipinski definition) is 3. The lowest BCUT2D eigenvalue weighted by molar-refractivity contribution is 0.0690. The Kier molecular flexibility index (Phi) is 3.31. The van der Waals surface area contributed by atoms with Gasteiger partial charge in [0, 0.05) is 6.54 Å². The van der Waals surface area contributed by atoms with E-state index in [1.807, 2.05) is 6.07 Å². The van der Waals surface area contributed by atoms with E-state index in [0.717, 1.165) is 6.54 Å². The van der Waals surface area contributed by atoms with Crippen LogP contribution in [0.4, 0.5) is 5.82 Å². The number of carboxylic acid groups (broad SMARTS) is 1. The van der Waals surface area contributed by atoms with E-state index in [9.17, 15) is 4.79 Å². The molecule has 4 heteroatoms. The van der Waals surface area contributed by atoms with Crippen LogP contribution in [0, 0.1) is 5.41 Å². The standard InChI is InChI=1S/C13H18N2O2/c1-2-6-13(7-8-13)9-14-11-5-3-4-10(15-11)12(16)17/h3-5H,2,6-9H2,1H3,(H,14,15)(H,16,17). The Morgan fingerprint density at radius 2 is 2.29 bits per heavy atom. The maximum Gasteiger partial charge on any atom is 0.354 e. The molecular formula is C13H18N2O2. The summed E-state index contributed by atoms with van der Waals surface area (Å²) in [5.74, 6) is -0.323. The molecular weight excluding hydrogens is 216 g/mol. The second-order valence-electron chi connectivity index (χ2n) is 4.82. The van der Waals surface area contributed by atoms with Crippen molar-refractivity contribution < 1.29 is 9.90 Å². The summed E-state index contributed by atoms with van der Waals surface area (Å²) in [5, 5.41) is 12.1. The molecule has 0 spiro atoms. The van der Waals surface area contributed by atoms with E-state index in [0.29, 0.717) is 11.2 Å². The molecule has 1 fully saturated rings. The van der Waals surface area contributed by atoms with Crippen molar-refractivity contribution in [1.82, 2.24) is 4.98 Å². The summed E-state index contributed by atoms with van der Waals surface area (Å²) in [6, 6.07) is 5.04. The molecule has 1 saturated carbocycles. The second kappa shape index (κ2) is 4.73. The molecule has 0 saturated heterocycles. The average molecular weight is 234 g/mol. The summed E-state index contributed by atoms with van der Waals surface area (Å²) in [6.45, 7) is 3.10. The topological polar surface area (TPSA) is 62.2 Å². The van der Waals surface area contributed by atoms with Gasteiger partial charge in [-0.1, -0.05) is 19.4 Å². The molecule has 0 aliphatic heterocycles. The van der Waals surface area contributed by atoms with Crippen LogP contribution in [0.3, 0.4) is 0 Å². The Morgan fingerprint density at radius 1 is 1.53 bits per heavy atom. The van der Waals surface area contributed by atoms with Crippen molar-refractivity contribution >= 4 is 11.8 Å². The van der Waals surface area contributed by atoms with Gasteiger partial charge in [-0.05, 0) is 36.8 Å². The monoisotopic (exact) mass is 234 g/mol. The van der Waals surface area contributed by atoms with E-state index >= 15 is 0 Å². The number of aromatic carboxylic acids is 1. The number of anilines is 1. The third-order valence-corrected chi connectivity index (χ3v) is 3.35. The van der Waals surface area contributed by atoms with Crippen molar-refractivity contribution in [3.05, 3.63) is 23.9 Å². The van der Waals surface area contributed by atoms with Crippen molar-refractivity contribution in [3.63, 3.8) is 0 Å². The molecule has 1 heterocycles. The molecule has 1 aromatic heterocycles. The highest BCUT2D eigenvalue weighted by Gasteiger charge is 2.41. The van der Waals surface area contributed by atoms with Gasteiger partial charge >= 0.3 is 5.97 Å². The van der Waals surface area contributed by atoms with Gasteiger partial charge in [0.1, 0.15) is 5.82 Å². The van der Waals surface area contributed by atoms with Gasteiger partial charge in [-0.15, -0.1) is 0 Å². The fourth-order valence-electron chi connectivity index (χ4n) is 2.15. The quantitative estimate of drug-likeness (QED) is 0.794. The molecule has 1 aromatic rings. The Labute approximate surface area is 101 Å². The normalized spacial score (nSPS) is 16.5. The zero-order valence-corrected chi connectivity index (χ0v) is 10.1. The van der Waals surface area contributed by atoms with Crippen LogP contribution >= 0.6 is 0 Å². The maximum absolute atomic E-state index is 10.8.